The maximum absolute atomic E-state index is 12.4. The number of para-hydroxylation sites is 1. The van der Waals surface area contributed by atoms with Crippen LogP contribution < -0.4 is 10.6 Å². The molecule has 0 spiro atoms. The minimum Gasteiger partial charge on any atom is -0.384 e. The van der Waals surface area contributed by atoms with E-state index in [9.17, 15) is 4.79 Å². The van der Waals surface area contributed by atoms with E-state index in [0.29, 0.717) is 12.5 Å². The zero-order valence-corrected chi connectivity index (χ0v) is 11.0. The van der Waals surface area contributed by atoms with Gasteiger partial charge >= 0.3 is 0 Å². The molecule has 3 heteroatoms. The van der Waals surface area contributed by atoms with Crippen LogP contribution >= 0.6 is 0 Å². The lowest BCUT2D eigenvalue weighted by Gasteiger charge is -2.27. The first-order valence-electron chi connectivity index (χ1n) is 6.73. The summed E-state index contributed by atoms with van der Waals surface area (Å²) in [6.45, 7) is 4.99. The standard InChI is InChI=1S/C15H20N2O/c1-15(2,10-7-8-10)17-14(18)12-9-16-13-6-4-3-5-11(12)13/h3-6,10,12,16H,7-9H2,1-2H3,(H,17,18). The first kappa shape index (κ1) is 11.6. The zero-order chi connectivity index (χ0) is 12.8. The van der Waals surface area contributed by atoms with E-state index in [0.717, 1.165) is 11.3 Å². The molecule has 2 aliphatic rings. The van der Waals surface area contributed by atoms with E-state index in [1.54, 1.807) is 0 Å². The highest BCUT2D eigenvalue weighted by Crippen LogP contribution is 2.40. The first-order chi connectivity index (χ1) is 8.58. The average Bonchev–Trinajstić information content (AvgIpc) is 3.09. The normalized spacial score (nSPS) is 22.2. The lowest BCUT2D eigenvalue weighted by atomic mass is 9.95. The van der Waals surface area contributed by atoms with Gasteiger partial charge in [0.25, 0.3) is 0 Å². The summed E-state index contributed by atoms with van der Waals surface area (Å²) in [5.74, 6) is 0.773. The second-order valence-corrected chi connectivity index (χ2v) is 6.01. The van der Waals surface area contributed by atoms with Gasteiger partial charge in [0.15, 0.2) is 0 Å². The molecular weight excluding hydrogens is 224 g/mol. The number of carbonyl (C=O) groups excluding carboxylic acids is 1. The van der Waals surface area contributed by atoms with E-state index in [-0.39, 0.29) is 17.4 Å². The van der Waals surface area contributed by atoms with Crippen molar-refractivity contribution < 1.29 is 4.79 Å². The summed E-state index contributed by atoms with van der Waals surface area (Å²) < 4.78 is 0. The van der Waals surface area contributed by atoms with Gasteiger partial charge in [-0.25, -0.2) is 0 Å². The number of rotatable bonds is 3. The van der Waals surface area contributed by atoms with Crippen LogP contribution in [0.15, 0.2) is 24.3 Å². The van der Waals surface area contributed by atoms with Crippen molar-refractivity contribution in [3.8, 4) is 0 Å². The van der Waals surface area contributed by atoms with Crippen LogP contribution in [-0.2, 0) is 4.79 Å². The summed E-state index contributed by atoms with van der Waals surface area (Å²) in [6, 6.07) is 8.08. The van der Waals surface area contributed by atoms with E-state index < -0.39 is 0 Å². The maximum atomic E-state index is 12.4. The Kier molecular flexibility index (Phi) is 2.58. The largest absolute Gasteiger partial charge is 0.384 e. The highest BCUT2D eigenvalue weighted by molar-refractivity contribution is 5.88. The Morgan fingerprint density at radius 1 is 1.33 bits per heavy atom. The van der Waals surface area contributed by atoms with Crippen molar-refractivity contribution in [1.29, 1.82) is 0 Å². The van der Waals surface area contributed by atoms with Crippen LogP contribution in [0.25, 0.3) is 0 Å². The number of fused-ring (bicyclic) bond motifs is 1. The van der Waals surface area contributed by atoms with Crippen LogP contribution in [0.4, 0.5) is 5.69 Å². The molecule has 2 N–H and O–H groups in total. The highest BCUT2D eigenvalue weighted by atomic mass is 16.2. The summed E-state index contributed by atoms with van der Waals surface area (Å²) >= 11 is 0. The van der Waals surface area contributed by atoms with Gasteiger partial charge in [0.05, 0.1) is 5.92 Å². The molecule has 1 fully saturated rings. The van der Waals surface area contributed by atoms with E-state index >= 15 is 0 Å². The van der Waals surface area contributed by atoms with Crippen LogP contribution in [0, 0.1) is 5.92 Å². The van der Waals surface area contributed by atoms with Gasteiger partial charge in [-0.1, -0.05) is 18.2 Å². The molecule has 3 rings (SSSR count). The number of benzene rings is 1. The average molecular weight is 244 g/mol. The van der Waals surface area contributed by atoms with Crippen LogP contribution in [0.1, 0.15) is 38.2 Å². The Bertz CT molecular complexity index is 477. The quantitative estimate of drug-likeness (QED) is 0.857. The van der Waals surface area contributed by atoms with Crippen LogP contribution in [0.5, 0.6) is 0 Å². The number of hydrogen-bond acceptors (Lipinski definition) is 2. The molecule has 96 valence electrons. The predicted molar refractivity (Wildman–Crippen MR) is 72.6 cm³/mol. The topological polar surface area (TPSA) is 41.1 Å². The second-order valence-electron chi connectivity index (χ2n) is 6.01. The summed E-state index contributed by atoms with van der Waals surface area (Å²) in [5.41, 5.74) is 2.16. The van der Waals surface area contributed by atoms with Gasteiger partial charge in [-0.3, -0.25) is 4.79 Å². The lowest BCUT2D eigenvalue weighted by molar-refractivity contribution is -0.124. The third-order valence-electron chi connectivity index (χ3n) is 4.19. The number of nitrogens with one attached hydrogen (secondary N) is 2. The predicted octanol–water partition coefficient (Wildman–Crippen LogP) is 2.50. The molecular formula is C15H20N2O. The Morgan fingerprint density at radius 2 is 2.06 bits per heavy atom. The van der Waals surface area contributed by atoms with Crippen molar-refractivity contribution in [2.75, 3.05) is 11.9 Å². The number of anilines is 1. The SMILES string of the molecule is CC(C)(NC(=O)C1CNc2ccccc21)C1CC1. The number of amides is 1. The van der Waals surface area contributed by atoms with Crippen LogP contribution in [-0.4, -0.2) is 18.0 Å². The molecule has 0 radical (unpaired) electrons. The highest BCUT2D eigenvalue weighted by Gasteiger charge is 2.40. The van der Waals surface area contributed by atoms with Gasteiger partial charge in [-0.05, 0) is 44.2 Å². The fourth-order valence-corrected chi connectivity index (χ4v) is 2.83. The van der Waals surface area contributed by atoms with Crippen molar-refractivity contribution in [2.24, 2.45) is 5.92 Å². The summed E-state index contributed by atoms with van der Waals surface area (Å²) in [7, 11) is 0. The molecule has 3 nitrogen and oxygen atoms in total. The van der Waals surface area contributed by atoms with Gasteiger partial charge in [-0.15, -0.1) is 0 Å². The molecule has 1 saturated carbocycles. The van der Waals surface area contributed by atoms with E-state index in [1.807, 2.05) is 24.3 Å². The molecule has 18 heavy (non-hydrogen) atoms. The van der Waals surface area contributed by atoms with Crippen LogP contribution in [0.3, 0.4) is 0 Å². The summed E-state index contributed by atoms with van der Waals surface area (Å²) in [5, 5.41) is 6.52. The molecule has 0 bridgehead atoms. The smallest absolute Gasteiger partial charge is 0.229 e. The Hall–Kier alpha value is -1.51. The minimum absolute atomic E-state index is 0.0424. The molecule has 1 heterocycles. The Balaban J connectivity index is 1.74. The molecule has 1 aromatic rings. The molecule has 1 aliphatic heterocycles. The zero-order valence-electron chi connectivity index (χ0n) is 11.0. The minimum atomic E-state index is -0.0609. The monoisotopic (exact) mass is 244 g/mol. The van der Waals surface area contributed by atoms with Crippen molar-refractivity contribution in [2.45, 2.75) is 38.1 Å². The summed E-state index contributed by atoms with van der Waals surface area (Å²) in [4.78, 5) is 12.4. The Labute approximate surface area is 108 Å². The molecule has 1 amide bonds. The number of carbonyl (C=O) groups is 1. The van der Waals surface area contributed by atoms with Crippen molar-refractivity contribution in [3.63, 3.8) is 0 Å². The molecule has 1 unspecified atom stereocenters. The van der Waals surface area contributed by atoms with Gasteiger partial charge < -0.3 is 10.6 Å². The third-order valence-corrected chi connectivity index (χ3v) is 4.19. The lowest BCUT2D eigenvalue weighted by Crippen LogP contribution is -2.47. The molecule has 1 aliphatic carbocycles. The van der Waals surface area contributed by atoms with Crippen molar-refractivity contribution in [1.82, 2.24) is 5.32 Å². The van der Waals surface area contributed by atoms with E-state index in [1.165, 1.54) is 12.8 Å². The first-order valence-corrected chi connectivity index (χ1v) is 6.73. The molecule has 1 atom stereocenters. The number of hydrogen-bond donors (Lipinski definition) is 2. The van der Waals surface area contributed by atoms with Gasteiger partial charge in [0.2, 0.25) is 5.91 Å². The maximum Gasteiger partial charge on any atom is 0.229 e. The Morgan fingerprint density at radius 3 is 2.78 bits per heavy atom. The van der Waals surface area contributed by atoms with Gasteiger partial charge in [0, 0.05) is 17.8 Å². The van der Waals surface area contributed by atoms with Crippen LogP contribution in [0.2, 0.25) is 0 Å². The molecule has 0 aromatic heterocycles. The fraction of sp³-hybridized carbons (Fsp3) is 0.533. The van der Waals surface area contributed by atoms with E-state index in [2.05, 4.69) is 24.5 Å². The summed E-state index contributed by atoms with van der Waals surface area (Å²) in [6.07, 6.45) is 2.49. The fourth-order valence-electron chi connectivity index (χ4n) is 2.83. The molecule has 0 saturated heterocycles. The van der Waals surface area contributed by atoms with E-state index in [4.69, 9.17) is 0 Å². The van der Waals surface area contributed by atoms with Crippen molar-refractivity contribution >= 4 is 11.6 Å². The third kappa shape index (κ3) is 1.98. The van der Waals surface area contributed by atoms with Gasteiger partial charge in [0.1, 0.15) is 0 Å². The van der Waals surface area contributed by atoms with Crippen molar-refractivity contribution in [3.05, 3.63) is 29.8 Å². The second kappa shape index (κ2) is 4.01. The molecule has 1 aromatic carbocycles. The van der Waals surface area contributed by atoms with Gasteiger partial charge in [-0.2, -0.15) is 0 Å².